The second-order valence-corrected chi connectivity index (χ2v) is 8.32. The molecule has 0 bridgehead atoms. The minimum Gasteiger partial charge on any atom is -0.337 e. The van der Waals surface area contributed by atoms with E-state index in [2.05, 4.69) is 33.4 Å². The predicted octanol–water partition coefficient (Wildman–Crippen LogP) is 3.60. The number of thioether (sulfide) groups is 1. The summed E-state index contributed by atoms with van der Waals surface area (Å²) in [6, 6.07) is 8.39. The predicted molar refractivity (Wildman–Crippen MR) is 103 cm³/mol. The van der Waals surface area contributed by atoms with E-state index in [9.17, 15) is 4.79 Å². The van der Waals surface area contributed by atoms with Gasteiger partial charge in [0.25, 0.3) is 0 Å². The molecule has 2 aliphatic rings. The highest BCUT2D eigenvalue weighted by atomic mass is 32.2. The number of carbonyl (C=O) groups excluding carboxylic acids is 1. The van der Waals surface area contributed by atoms with E-state index in [1.54, 1.807) is 0 Å². The summed E-state index contributed by atoms with van der Waals surface area (Å²) in [5, 5.41) is 8.00. The number of H-pyrrole nitrogens is 1. The molecule has 0 unspecified atom stereocenters. The second kappa shape index (κ2) is 8.25. The van der Waals surface area contributed by atoms with E-state index in [4.69, 9.17) is 0 Å². The average Bonchev–Trinajstić information content (AvgIpc) is 3.36. The van der Waals surface area contributed by atoms with E-state index in [0.29, 0.717) is 10.9 Å². The molecule has 1 saturated carbocycles. The first-order valence-corrected chi connectivity index (χ1v) is 10.6. The Labute approximate surface area is 159 Å². The van der Waals surface area contributed by atoms with E-state index in [1.807, 2.05) is 11.0 Å². The van der Waals surface area contributed by atoms with Crippen LogP contribution in [-0.4, -0.2) is 38.3 Å². The van der Waals surface area contributed by atoms with Gasteiger partial charge in [-0.05, 0) is 29.9 Å². The largest absolute Gasteiger partial charge is 0.337 e. The van der Waals surface area contributed by atoms with Gasteiger partial charge in [-0.1, -0.05) is 61.7 Å². The summed E-state index contributed by atoms with van der Waals surface area (Å²) in [6.45, 7) is 1.52. The Morgan fingerprint density at radius 2 is 2.04 bits per heavy atom. The van der Waals surface area contributed by atoms with E-state index >= 15 is 0 Å². The number of nitrogens with zero attached hydrogens (tertiary/aromatic N) is 3. The lowest BCUT2D eigenvalue weighted by molar-refractivity contribution is -0.129. The summed E-state index contributed by atoms with van der Waals surface area (Å²) in [5.41, 5.74) is 2.63. The third-order valence-corrected chi connectivity index (χ3v) is 6.42. The maximum Gasteiger partial charge on any atom is 0.233 e. The number of hydrogen-bond donors (Lipinski definition) is 1. The van der Waals surface area contributed by atoms with Crippen LogP contribution in [0.4, 0.5) is 0 Å². The standard InChI is InChI=1S/C20H26N4OS/c25-19(24-12-11-16-7-3-4-8-17(16)13-24)14-26-20-21-18(22-23-20)10-9-15-5-1-2-6-15/h3-4,7-8,15H,1-2,5-6,9-14H2,(H,21,22,23). The molecule has 1 N–H and O–H groups in total. The number of hydrogen-bond acceptors (Lipinski definition) is 4. The van der Waals surface area contributed by atoms with Crippen LogP contribution in [0.2, 0.25) is 0 Å². The smallest absolute Gasteiger partial charge is 0.233 e. The van der Waals surface area contributed by atoms with Crippen molar-refractivity contribution in [3.8, 4) is 0 Å². The fraction of sp³-hybridized carbons (Fsp3) is 0.550. The Hall–Kier alpha value is -1.82. The quantitative estimate of drug-likeness (QED) is 0.789. The zero-order chi connectivity index (χ0) is 17.8. The van der Waals surface area contributed by atoms with Crippen LogP contribution in [0.15, 0.2) is 29.4 Å². The monoisotopic (exact) mass is 370 g/mol. The number of fused-ring (bicyclic) bond motifs is 1. The molecule has 1 amide bonds. The minimum absolute atomic E-state index is 0.168. The summed E-state index contributed by atoms with van der Waals surface area (Å²) >= 11 is 1.44. The maximum atomic E-state index is 12.5. The van der Waals surface area contributed by atoms with Crippen LogP contribution >= 0.6 is 11.8 Å². The van der Waals surface area contributed by atoms with Gasteiger partial charge in [-0.25, -0.2) is 4.98 Å². The van der Waals surface area contributed by atoms with Crippen molar-refractivity contribution in [1.29, 1.82) is 0 Å². The van der Waals surface area contributed by atoms with Crippen LogP contribution in [0.1, 0.15) is 49.1 Å². The summed E-state index contributed by atoms with van der Waals surface area (Å²) in [6.07, 6.45) is 8.60. The molecule has 4 rings (SSSR count). The first kappa shape index (κ1) is 17.6. The molecule has 26 heavy (non-hydrogen) atoms. The zero-order valence-corrected chi connectivity index (χ0v) is 15.9. The second-order valence-electron chi connectivity index (χ2n) is 7.38. The minimum atomic E-state index is 0.168. The highest BCUT2D eigenvalue weighted by molar-refractivity contribution is 7.99. The molecule has 0 spiro atoms. The van der Waals surface area contributed by atoms with Gasteiger partial charge in [0.15, 0.2) is 0 Å². The van der Waals surface area contributed by atoms with Gasteiger partial charge in [0.05, 0.1) is 5.75 Å². The molecule has 2 aromatic rings. The molecule has 2 heterocycles. The van der Waals surface area contributed by atoms with Crippen LogP contribution in [0.25, 0.3) is 0 Å². The fourth-order valence-electron chi connectivity index (χ4n) is 4.02. The topological polar surface area (TPSA) is 61.9 Å². The first-order valence-electron chi connectivity index (χ1n) is 9.66. The highest BCUT2D eigenvalue weighted by Crippen LogP contribution is 2.28. The molecule has 138 valence electrons. The first-order chi connectivity index (χ1) is 12.8. The van der Waals surface area contributed by atoms with Crippen LogP contribution in [-0.2, 0) is 24.2 Å². The van der Waals surface area contributed by atoms with Crippen molar-refractivity contribution in [2.75, 3.05) is 12.3 Å². The van der Waals surface area contributed by atoms with Gasteiger partial charge in [-0.2, -0.15) is 0 Å². The lowest BCUT2D eigenvalue weighted by Crippen LogP contribution is -2.37. The van der Waals surface area contributed by atoms with Crippen molar-refractivity contribution in [2.45, 2.75) is 56.6 Å². The molecule has 1 fully saturated rings. The van der Waals surface area contributed by atoms with Crippen molar-refractivity contribution < 1.29 is 4.79 Å². The number of carbonyl (C=O) groups is 1. The summed E-state index contributed by atoms with van der Waals surface area (Å²) in [7, 11) is 0. The summed E-state index contributed by atoms with van der Waals surface area (Å²) in [5.74, 6) is 2.39. The molecule has 5 nitrogen and oxygen atoms in total. The number of rotatable bonds is 6. The van der Waals surface area contributed by atoms with Crippen LogP contribution < -0.4 is 0 Å². The van der Waals surface area contributed by atoms with E-state index < -0.39 is 0 Å². The normalized spacial score (nSPS) is 17.5. The van der Waals surface area contributed by atoms with Gasteiger partial charge in [-0.3, -0.25) is 9.89 Å². The van der Waals surface area contributed by atoms with Gasteiger partial charge < -0.3 is 4.90 Å². The van der Waals surface area contributed by atoms with E-state index in [1.165, 1.54) is 55.0 Å². The van der Waals surface area contributed by atoms with Gasteiger partial charge in [0, 0.05) is 19.5 Å². The molecule has 0 saturated heterocycles. The maximum absolute atomic E-state index is 12.5. The third-order valence-electron chi connectivity index (χ3n) is 5.58. The Morgan fingerprint density at radius 1 is 1.23 bits per heavy atom. The van der Waals surface area contributed by atoms with Crippen molar-refractivity contribution in [2.24, 2.45) is 5.92 Å². The number of nitrogens with one attached hydrogen (secondary N) is 1. The Kier molecular flexibility index (Phi) is 5.58. The van der Waals surface area contributed by atoms with Crippen molar-refractivity contribution in [3.05, 3.63) is 41.2 Å². The molecular formula is C20H26N4OS. The van der Waals surface area contributed by atoms with Crippen LogP contribution in [0.3, 0.4) is 0 Å². The number of aromatic nitrogens is 3. The molecule has 1 aliphatic carbocycles. The number of benzene rings is 1. The zero-order valence-electron chi connectivity index (χ0n) is 15.1. The van der Waals surface area contributed by atoms with Gasteiger partial charge in [-0.15, -0.1) is 5.10 Å². The molecule has 0 atom stereocenters. The highest BCUT2D eigenvalue weighted by Gasteiger charge is 2.21. The van der Waals surface area contributed by atoms with Crippen LogP contribution in [0.5, 0.6) is 0 Å². The molecule has 1 aliphatic heterocycles. The van der Waals surface area contributed by atoms with Crippen LogP contribution in [0, 0.1) is 5.92 Å². The van der Waals surface area contributed by atoms with Gasteiger partial charge in [0.2, 0.25) is 11.1 Å². The third kappa shape index (κ3) is 4.29. The van der Waals surface area contributed by atoms with Crippen molar-refractivity contribution in [3.63, 3.8) is 0 Å². The molecule has 6 heteroatoms. The molecule has 0 radical (unpaired) electrons. The fourth-order valence-corrected chi connectivity index (χ4v) is 4.74. The SMILES string of the molecule is O=C(CSc1n[nH]c(CCC2CCCC2)n1)N1CCc2ccccc2C1. The average molecular weight is 371 g/mol. The number of aromatic amines is 1. The molecular weight excluding hydrogens is 344 g/mol. The Morgan fingerprint density at radius 3 is 2.88 bits per heavy atom. The number of aryl methyl sites for hydroxylation is 1. The number of amides is 1. The van der Waals surface area contributed by atoms with E-state index in [-0.39, 0.29) is 5.91 Å². The van der Waals surface area contributed by atoms with Gasteiger partial charge in [0.1, 0.15) is 5.82 Å². The molecule has 1 aromatic heterocycles. The van der Waals surface area contributed by atoms with Crippen molar-refractivity contribution >= 4 is 17.7 Å². The molecule has 1 aromatic carbocycles. The van der Waals surface area contributed by atoms with Crippen molar-refractivity contribution in [1.82, 2.24) is 20.1 Å². The Balaban J connectivity index is 1.24. The lowest BCUT2D eigenvalue weighted by atomic mass is 10.00. The Bertz CT molecular complexity index is 754. The lowest BCUT2D eigenvalue weighted by Gasteiger charge is -2.28. The van der Waals surface area contributed by atoms with Gasteiger partial charge >= 0.3 is 0 Å². The summed E-state index contributed by atoms with van der Waals surface area (Å²) < 4.78 is 0. The van der Waals surface area contributed by atoms with E-state index in [0.717, 1.165) is 37.7 Å². The summed E-state index contributed by atoms with van der Waals surface area (Å²) in [4.78, 5) is 19.0.